The summed E-state index contributed by atoms with van der Waals surface area (Å²) in [5.74, 6) is 1.07. The van der Waals surface area contributed by atoms with E-state index in [9.17, 15) is 4.79 Å². The summed E-state index contributed by atoms with van der Waals surface area (Å²) in [7, 11) is 0. The Bertz CT molecular complexity index is 1180. The number of pyridine rings is 1. The minimum Gasteiger partial charge on any atom is -0.487 e. The lowest BCUT2D eigenvalue weighted by atomic mass is 10.2. The number of hydrogen-bond donors (Lipinski definition) is 1. The molecule has 0 unspecified atom stereocenters. The third kappa shape index (κ3) is 5.26. The van der Waals surface area contributed by atoms with Crippen LogP contribution >= 0.6 is 11.6 Å². The van der Waals surface area contributed by atoms with Crippen molar-refractivity contribution >= 4 is 17.5 Å². The van der Waals surface area contributed by atoms with Crippen LogP contribution < -0.4 is 10.1 Å². The fourth-order valence-electron chi connectivity index (χ4n) is 2.96. The molecular weight excluding hydrogens is 414 g/mol. The molecule has 0 fully saturated rings. The van der Waals surface area contributed by atoms with Gasteiger partial charge in [-0.3, -0.25) is 9.78 Å². The Morgan fingerprint density at radius 1 is 1.10 bits per heavy atom. The number of aromatic nitrogens is 4. The molecule has 2 heterocycles. The quantitative estimate of drug-likeness (QED) is 0.473. The summed E-state index contributed by atoms with van der Waals surface area (Å²) < 4.78 is 7.40. The highest BCUT2D eigenvalue weighted by molar-refractivity contribution is 6.30. The van der Waals surface area contributed by atoms with Crippen LogP contribution in [0.15, 0.2) is 72.9 Å². The summed E-state index contributed by atoms with van der Waals surface area (Å²) in [6.45, 7) is 2.50. The Hall–Kier alpha value is -3.71. The van der Waals surface area contributed by atoms with Crippen LogP contribution in [0.3, 0.4) is 0 Å². The maximum atomic E-state index is 12.6. The molecular formula is C23H20ClN5O2. The summed E-state index contributed by atoms with van der Waals surface area (Å²) in [4.78, 5) is 21.1. The monoisotopic (exact) mass is 433 g/mol. The fraction of sp³-hybridized carbons (Fsp3) is 0.130. The first kappa shape index (κ1) is 20.6. The standard InChI is InChI=1S/C23H20ClN5O2/c1-16-27-22(28-29(16)20-10-8-18(24)9-11-20)23(30)26-14-17-5-4-7-21(13-17)31-15-19-6-2-3-12-25-19/h2-13H,14-15H2,1H3,(H,26,30). The van der Waals surface area contributed by atoms with E-state index in [1.165, 1.54) is 0 Å². The Morgan fingerprint density at radius 2 is 1.94 bits per heavy atom. The van der Waals surface area contributed by atoms with Gasteiger partial charge >= 0.3 is 0 Å². The highest BCUT2D eigenvalue weighted by Gasteiger charge is 2.15. The lowest BCUT2D eigenvalue weighted by Crippen LogP contribution is -2.24. The molecule has 0 aliphatic carbocycles. The van der Waals surface area contributed by atoms with Gasteiger partial charge in [0.15, 0.2) is 0 Å². The number of carbonyl (C=O) groups is 1. The predicted octanol–water partition coefficient (Wildman–Crippen LogP) is 4.13. The average molecular weight is 434 g/mol. The SMILES string of the molecule is Cc1nc(C(=O)NCc2cccc(OCc3ccccn3)c2)nn1-c1ccc(Cl)cc1. The lowest BCUT2D eigenvalue weighted by molar-refractivity contribution is 0.0940. The van der Waals surface area contributed by atoms with Crippen molar-refractivity contribution in [2.24, 2.45) is 0 Å². The number of nitrogens with zero attached hydrogens (tertiary/aromatic N) is 4. The average Bonchev–Trinajstić information content (AvgIpc) is 3.19. The van der Waals surface area contributed by atoms with E-state index in [-0.39, 0.29) is 11.7 Å². The second-order valence-corrected chi connectivity index (χ2v) is 7.25. The van der Waals surface area contributed by atoms with Gasteiger partial charge < -0.3 is 10.1 Å². The van der Waals surface area contributed by atoms with Crippen molar-refractivity contribution in [3.63, 3.8) is 0 Å². The van der Waals surface area contributed by atoms with Crippen LogP contribution in [0.2, 0.25) is 5.02 Å². The number of hydrogen-bond acceptors (Lipinski definition) is 5. The van der Waals surface area contributed by atoms with E-state index < -0.39 is 0 Å². The Morgan fingerprint density at radius 3 is 2.71 bits per heavy atom. The van der Waals surface area contributed by atoms with E-state index in [2.05, 4.69) is 20.4 Å². The predicted molar refractivity (Wildman–Crippen MR) is 117 cm³/mol. The van der Waals surface area contributed by atoms with Crippen LogP contribution in [0.25, 0.3) is 5.69 Å². The molecule has 8 heteroatoms. The third-order valence-corrected chi connectivity index (χ3v) is 4.76. The third-order valence-electron chi connectivity index (χ3n) is 4.51. The lowest BCUT2D eigenvalue weighted by Gasteiger charge is -2.08. The van der Waals surface area contributed by atoms with Crippen molar-refractivity contribution in [3.05, 3.63) is 101 Å². The zero-order chi connectivity index (χ0) is 21.6. The van der Waals surface area contributed by atoms with Gasteiger partial charge in [0, 0.05) is 17.8 Å². The first-order valence-corrected chi connectivity index (χ1v) is 10.1. The van der Waals surface area contributed by atoms with E-state index in [0.29, 0.717) is 29.7 Å². The molecule has 0 aliphatic heterocycles. The second kappa shape index (κ2) is 9.40. The van der Waals surface area contributed by atoms with Crippen LogP contribution in [0.4, 0.5) is 0 Å². The van der Waals surface area contributed by atoms with Crippen molar-refractivity contribution in [2.75, 3.05) is 0 Å². The zero-order valence-electron chi connectivity index (χ0n) is 16.8. The van der Waals surface area contributed by atoms with Gasteiger partial charge in [0.25, 0.3) is 5.91 Å². The summed E-state index contributed by atoms with van der Waals surface area (Å²) in [6.07, 6.45) is 1.73. The van der Waals surface area contributed by atoms with Gasteiger partial charge in [-0.1, -0.05) is 29.8 Å². The van der Waals surface area contributed by atoms with Crippen molar-refractivity contribution < 1.29 is 9.53 Å². The molecule has 2 aromatic heterocycles. The number of benzene rings is 2. The molecule has 0 saturated heterocycles. The number of halogens is 1. The number of carbonyl (C=O) groups excluding carboxylic acids is 1. The molecule has 7 nitrogen and oxygen atoms in total. The summed E-state index contributed by atoms with van der Waals surface area (Å²) in [5.41, 5.74) is 2.53. The maximum absolute atomic E-state index is 12.6. The van der Waals surface area contributed by atoms with Crippen LogP contribution in [-0.2, 0) is 13.2 Å². The van der Waals surface area contributed by atoms with Gasteiger partial charge in [-0.2, -0.15) is 0 Å². The van der Waals surface area contributed by atoms with E-state index in [1.54, 1.807) is 29.9 Å². The van der Waals surface area contributed by atoms with Gasteiger partial charge in [-0.15, -0.1) is 5.10 Å². The molecule has 4 aromatic rings. The molecule has 31 heavy (non-hydrogen) atoms. The minimum absolute atomic E-state index is 0.106. The normalized spacial score (nSPS) is 10.6. The Kier molecular flexibility index (Phi) is 6.24. The minimum atomic E-state index is -0.351. The van der Waals surface area contributed by atoms with Gasteiger partial charge in [0.1, 0.15) is 18.2 Å². The smallest absolute Gasteiger partial charge is 0.291 e. The van der Waals surface area contributed by atoms with E-state index >= 15 is 0 Å². The molecule has 156 valence electrons. The number of nitrogens with one attached hydrogen (secondary N) is 1. The summed E-state index contributed by atoms with van der Waals surface area (Å²) in [6, 6.07) is 20.4. The van der Waals surface area contributed by atoms with E-state index in [1.807, 2.05) is 54.6 Å². The van der Waals surface area contributed by atoms with Gasteiger partial charge in [0.2, 0.25) is 5.82 Å². The maximum Gasteiger partial charge on any atom is 0.291 e. The van der Waals surface area contributed by atoms with Crippen molar-refractivity contribution in [1.82, 2.24) is 25.1 Å². The summed E-state index contributed by atoms with van der Waals surface area (Å²) >= 11 is 5.93. The Balaban J connectivity index is 1.38. The first-order valence-electron chi connectivity index (χ1n) is 9.68. The molecule has 1 amide bonds. The molecule has 4 rings (SSSR count). The molecule has 0 atom stereocenters. The van der Waals surface area contributed by atoms with E-state index in [4.69, 9.17) is 16.3 Å². The highest BCUT2D eigenvalue weighted by Crippen LogP contribution is 2.16. The molecule has 0 spiro atoms. The van der Waals surface area contributed by atoms with Crippen LogP contribution in [0, 0.1) is 6.92 Å². The molecule has 0 bridgehead atoms. The van der Waals surface area contributed by atoms with Gasteiger partial charge in [0.05, 0.1) is 11.4 Å². The van der Waals surface area contributed by atoms with Crippen molar-refractivity contribution in [3.8, 4) is 11.4 Å². The highest BCUT2D eigenvalue weighted by atomic mass is 35.5. The van der Waals surface area contributed by atoms with Crippen LogP contribution in [0.1, 0.15) is 27.7 Å². The van der Waals surface area contributed by atoms with E-state index in [0.717, 1.165) is 16.9 Å². The Labute approximate surface area is 184 Å². The van der Waals surface area contributed by atoms with Crippen molar-refractivity contribution in [2.45, 2.75) is 20.1 Å². The fourth-order valence-corrected chi connectivity index (χ4v) is 3.09. The molecule has 0 radical (unpaired) electrons. The number of rotatable bonds is 7. The van der Waals surface area contributed by atoms with Gasteiger partial charge in [-0.25, -0.2) is 9.67 Å². The van der Waals surface area contributed by atoms with Gasteiger partial charge in [-0.05, 0) is 61.0 Å². The summed E-state index contributed by atoms with van der Waals surface area (Å²) in [5, 5.41) is 7.80. The molecule has 1 N–H and O–H groups in total. The zero-order valence-corrected chi connectivity index (χ0v) is 17.6. The molecule has 0 saturated carbocycles. The first-order chi connectivity index (χ1) is 15.1. The van der Waals surface area contributed by atoms with Crippen LogP contribution in [0.5, 0.6) is 5.75 Å². The second-order valence-electron chi connectivity index (χ2n) is 6.81. The number of ether oxygens (including phenoxy) is 1. The number of amides is 1. The number of aryl methyl sites for hydroxylation is 1. The van der Waals surface area contributed by atoms with Crippen molar-refractivity contribution in [1.29, 1.82) is 0 Å². The topological polar surface area (TPSA) is 81.9 Å². The van der Waals surface area contributed by atoms with Crippen LogP contribution in [-0.4, -0.2) is 25.7 Å². The molecule has 2 aromatic carbocycles. The molecule has 0 aliphatic rings. The largest absolute Gasteiger partial charge is 0.487 e.